The smallest absolute Gasteiger partial charge is 0.264 e. The highest BCUT2D eigenvalue weighted by molar-refractivity contribution is 7.90. The van der Waals surface area contributed by atoms with Gasteiger partial charge in [0.15, 0.2) is 0 Å². The zero-order chi connectivity index (χ0) is 39.0. The summed E-state index contributed by atoms with van der Waals surface area (Å²) < 4.78 is 38.3. The zero-order valence-corrected chi connectivity index (χ0v) is 34.1. The number of methoxy groups -OCH3 is 1. The van der Waals surface area contributed by atoms with Crippen molar-refractivity contribution < 1.29 is 22.7 Å². The number of ether oxygens (including phenoxy) is 1. The molecule has 296 valence electrons. The first-order chi connectivity index (χ1) is 27.0. The Balaban J connectivity index is 1.25. The summed E-state index contributed by atoms with van der Waals surface area (Å²) in [6, 6.07) is 12.7. The maximum absolute atomic E-state index is 14.9. The molecular formula is C44H54N6O5S. The normalized spacial score (nSPS) is 21.5. The fraction of sp³-hybridized carbons (Fsp3) is 0.523. The van der Waals surface area contributed by atoms with E-state index in [-0.39, 0.29) is 18.0 Å². The van der Waals surface area contributed by atoms with Crippen molar-refractivity contribution in [2.24, 2.45) is 0 Å². The monoisotopic (exact) mass is 778 g/mol. The van der Waals surface area contributed by atoms with Crippen LogP contribution < -0.4 is 9.46 Å². The van der Waals surface area contributed by atoms with Crippen molar-refractivity contribution in [1.82, 2.24) is 28.9 Å². The number of rotatable bonds is 9. The molecule has 1 N–H and O–H groups in total. The van der Waals surface area contributed by atoms with E-state index in [0.717, 1.165) is 121 Å². The second-order valence-corrected chi connectivity index (χ2v) is 19.2. The van der Waals surface area contributed by atoms with Gasteiger partial charge in [0, 0.05) is 47.2 Å². The Kier molecular flexibility index (Phi) is 9.42. The molecule has 0 spiro atoms. The second-order valence-electron chi connectivity index (χ2n) is 17.0. The first-order valence-corrected chi connectivity index (χ1v) is 22.3. The number of piperazine rings is 1. The third-order valence-electron chi connectivity index (χ3n) is 13.5. The molecule has 2 bridgehead atoms. The number of aromatic nitrogens is 3. The predicted molar refractivity (Wildman–Crippen MR) is 219 cm³/mol. The summed E-state index contributed by atoms with van der Waals surface area (Å²) in [6.07, 6.45) is 12.1. The average Bonchev–Trinajstić information content (AvgIpc) is 3.91. The SMILES string of the molecule is CCN1C[C@@H]2C[C@@H]1CN2C(=O)c1c(C)nn(C2CCC2)c1C1=Cc2cc(OC)ccc2-c2c(C3CCCCC3)c3ccc(C(=O)NS(=O)(=O)C(C)C)cc3n2C1. The molecule has 2 saturated heterocycles. The van der Waals surface area contributed by atoms with Crippen LogP contribution >= 0.6 is 0 Å². The number of aryl methyl sites for hydroxylation is 1. The Hall–Kier alpha value is -4.42. The van der Waals surface area contributed by atoms with Gasteiger partial charge in [-0.05, 0) is 125 Å². The highest BCUT2D eigenvalue weighted by atomic mass is 32.2. The number of carbonyl (C=O) groups is 2. The summed E-state index contributed by atoms with van der Waals surface area (Å²) in [5.41, 5.74) is 8.94. The van der Waals surface area contributed by atoms with Crippen LogP contribution in [0.2, 0.25) is 0 Å². The third kappa shape index (κ3) is 6.09. The molecule has 2 aromatic heterocycles. The Labute approximate surface area is 330 Å². The average molecular weight is 779 g/mol. The van der Waals surface area contributed by atoms with Crippen LogP contribution in [0.15, 0.2) is 36.4 Å². The molecule has 2 aliphatic carbocycles. The van der Waals surface area contributed by atoms with Gasteiger partial charge in [-0.15, -0.1) is 0 Å². The van der Waals surface area contributed by atoms with Crippen LogP contribution in [0.3, 0.4) is 0 Å². The van der Waals surface area contributed by atoms with Gasteiger partial charge in [0.1, 0.15) is 5.75 Å². The molecule has 12 heteroatoms. The number of hydrogen-bond acceptors (Lipinski definition) is 7. The first kappa shape index (κ1) is 37.2. The molecule has 4 aromatic rings. The summed E-state index contributed by atoms with van der Waals surface area (Å²) in [7, 11) is -2.15. The fourth-order valence-corrected chi connectivity index (χ4v) is 10.8. The maximum atomic E-state index is 14.9. The maximum Gasteiger partial charge on any atom is 0.264 e. The number of fused-ring (bicyclic) bond motifs is 7. The number of likely N-dealkylation sites (tertiary alicyclic amines) is 2. The van der Waals surface area contributed by atoms with Crippen LogP contribution in [0.5, 0.6) is 5.75 Å². The number of carbonyl (C=O) groups excluding carboxylic acids is 2. The van der Waals surface area contributed by atoms with Crippen LogP contribution in [0.25, 0.3) is 33.8 Å². The van der Waals surface area contributed by atoms with E-state index in [1.807, 2.05) is 25.1 Å². The quantitative estimate of drug-likeness (QED) is 0.187. The number of amides is 2. The number of likely N-dealkylation sites (N-methyl/N-ethyl adjacent to an activating group) is 1. The number of benzene rings is 2. The number of hydrogen-bond donors (Lipinski definition) is 1. The molecule has 5 aliphatic rings. The molecule has 56 heavy (non-hydrogen) atoms. The van der Waals surface area contributed by atoms with E-state index in [1.54, 1.807) is 27.0 Å². The lowest BCUT2D eigenvalue weighted by molar-refractivity contribution is 0.0629. The van der Waals surface area contributed by atoms with Gasteiger partial charge in [-0.1, -0.05) is 32.3 Å². The van der Waals surface area contributed by atoms with Gasteiger partial charge in [0.2, 0.25) is 10.0 Å². The molecule has 2 atom stereocenters. The van der Waals surface area contributed by atoms with Crippen LogP contribution in [-0.4, -0.2) is 88.5 Å². The lowest BCUT2D eigenvalue weighted by Gasteiger charge is -2.34. The molecule has 0 unspecified atom stereocenters. The number of nitrogens with zero attached hydrogens (tertiary/aromatic N) is 5. The lowest BCUT2D eigenvalue weighted by Crippen LogP contribution is -2.48. The minimum Gasteiger partial charge on any atom is -0.497 e. The van der Waals surface area contributed by atoms with Crippen molar-refractivity contribution in [3.63, 3.8) is 0 Å². The van der Waals surface area contributed by atoms with E-state index in [9.17, 15) is 18.0 Å². The highest BCUT2D eigenvalue weighted by Gasteiger charge is 2.46. The largest absolute Gasteiger partial charge is 0.497 e. The molecule has 0 radical (unpaired) electrons. The number of sulfonamides is 1. The Morgan fingerprint density at radius 3 is 2.39 bits per heavy atom. The van der Waals surface area contributed by atoms with Gasteiger partial charge in [0.25, 0.3) is 11.8 Å². The van der Waals surface area contributed by atoms with Crippen LogP contribution in [-0.2, 0) is 16.6 Å². The molecule has 5 heterocycles. The van der Waals surface area contributed by atoms with E-state index in [0.29, 0.717) is 29.6 Å². The molecule has 2 aromatic carbocycles. The minimum atomic E-state index is -3.84. The summed E-state index contributed by atoms with van der Waals surface area (Å²) in [6.45, 7) is 10.4. The second kappa shape index (κ2) is 14.2. The molecule has 2 amide bonds. The van der Waals surface area contributed by atoms with Gasteiger partial charge in [-0.2, -0.15) is 5.10 Å². The molecule has 4 fully saturated rings. The molecule has 2 saturated carbocycles. The summed E-state index contributed by atoms with van der Waals surface area (Å²) >= 11 is 0. The van der Waals surface area contributed by atoms with E-state index in [1.165, 1.54) is 12.0 Å². The summed E-state index contributed by atoms with van der Waals surface area (Å²) in [4.78, 5) is 33.2. The third-order valence-corrected chi connectivity index (χ3v) is 15.2. The van der Waals surface area contributed by atoms with E-state index in [2.05, 4.69) is 48.9 Å². The van der Waals surface area contributed by atoms with E-state index >= 15 is 0 Å². The number of allylic oxidation sites excluding steroid dienone is 1. The zero-order valence-electron chi connectivity index (χ0n) is 33.3. The highest BCUT2D eigenvalue weighted by Crippen LogP contribution is 2.49. The summed E-state index contributed by atoms with van der Waals surface area (Å²) in [5.74, 6) is 0.501. The van der Waals surface area contributed by atoms with Crippen LogP contribution in [0, 0.1) is 6.92 Å². The molecular weight excluding hydrogens is 725 g/mol. The lowest BCUT2D eigenvalue weighted by atomic mass is 9.81. The van der Waals surface area contributed by atoms with Crippen molar-refractivity contribution in [3.8, 4) is 17.0 Å². The summed E-state index contributed by atoms with van der Waals surface area (Å²) in [5, 5.41) is 5.50. The molecule has 11 nitrogen and oxygen atoms in total. The van der Waals surface area contributed by atoms with Crippen LogP contribution in [0.4, 0.5) is 0 Å². The van der Waals surface area contributed by atoms with Crippen LogP contribution in [0.1, 0.15) is 134 Å². The van der Waals surface area contributed by atoms with E-state index < -0.39 is 21.2 Å². The van der Waals surface area contributed by atoms with Gasteiger partial charge < -0.3 is 14.2 Å². The Morgan fingerprint density at radius 1 is 0.946 bits per heavy atom. The van der Waals surface area contributed by atoms with Crippen molar-refractivity contribution in [1.29, 1.82) is 0 Å². The van der Waals surface area contributed by atoms with Crippen molar-refractivity contribution in [2.75, 3.05) is 26.7 Å². The Bertz CT molecular complexity index is 2380. The molecule has 3 aliphatic heterocycles. The van der Waals surface area contributed by atoms with Gasteiger partial charge in [0.05, 0.1) is 47.6 Å². The fourth-order valence-electron chi connectivity index (χ4n) is 10.2. The van der Waals surface area contributed by atoms with Crippen molar-refractivity contribution >= 4 is 44.4 Å². The predicted octanol–water partition coefficient (Wildman–Crippen LogP) is 7.54. The van der Waals surface area contributed by atoms with Gasteiger partial charge >= 0.3 is 0 Å². The van der Waals surface area contributed by atoms with Gasteiger partial charge in [-0.3, -0.25) is 19.2 Å². The van der Waals surface area contributed by atoms with Crippen molar-refractivity contribution in [2.45, 2.75) is 121 Å². The first-order valence-electron chi connectivity index (χ1n) is 20.7. The molecule has 9 rings (SSSR count). The Morgan fingerprint density at radius 2 is 1.73 bits per heavy atom. The minimum absolute atomic E-state index is 0.0631. The number of nitrogens with one attached hydrogen (secondary N) is 1. The standard InChI is InChI=1S/C44H54N6O5S/c1-6-47-24-34-22-33(47)25-48(34)44(52)39-27(4)45-50(32-13-10-14-32)41(39)31-19-30-20-35(55-5)16-18-36(30)42-40(28-11-8-7-9-12-28)37-17-15-29(21-38(37)49(42)23-31)43(51)46-56(53,54)26(2)3/h15-21,26,28,32-34H,6-14,22-25H2,1-5H3,(H,46,51)/t33-,34+/m1/s1. The topological polar surface area (TPSA) is 119 Å². The van der Waals surface area contributed by atoms with Crippen molar-refractivity contribution in [3.05, 3.63) is 70.0 Å². The van der Waals surface area contributed by atoms with Gasteiger partial charge in [-0.25, -0.2) is 13.1 Å². The van der Waals surface area contributed by atoms with E-state index in [4.69, 9.17) is 9.84 Å².